The Kier molecular flexibility index (Phi) is 1.99. The smallest absolute Gasteiger partial charge is 0.274 e. The fourth-order valence-electron chi connectivity index (χ4n) is 1.87. The lowest BCUT2D eigenvalue weighted by molar-refractivity contribution is 0.276. The van der Waals surface area contributed by atoms with E-state index in [0.717, 1.165) is 0 Å². The largest absolute Gasteiger partial charge is 0.392 e. The number of benzene rings is 1. The molecule has 86 valence electrons. The Labute approximate surface area is 94.1 Å². The number of fused-ring (bicyclic) bond motifs is 3. The molecule has 1 aromatic carbocycles. The van der Waals surface area contributed by atoms with Gasteiger partial charge in [0.05, 0.1) is 18.3 Å². The Morgan fingerprint density at radius 2 is 2.18 bits per heavy atom. The van der Waals surface area contributed by atoms with Gasteiger partial charge in [0.25, 0.3) is 5.56 Å². The third kappa shape index (κ3) is 1.27. The Balaban J connectivity index is 2.58. The second-order valence-corrected chi connectivity index (χ2v) is 3.67. The van der Waals surface area contributed by atoms with Crippen molar-refractivity contribution in [3.63, 3.8) is 0 Å². The molecular formula is C11H8FN3O2. The van der Waals surface area contributed by atoms with Crippen molar-refractivity contribution in [2.75, 3.05) is 0 Å². The molecule has 2 heterocycles. The summed E-state index contributed by atoms with van der Waals surface area (Å²) >= 11 is 0. The monoisotopic (exact) mass is 233 g/mol. The second-order valence-electron chi connectivity index (χ2n) is 3.67. The molecule has 17 heavy (non-hydrogen) atoms. The van der Waals surface area contributed by atoms with E-state index in [1.165, 1.54) is 16.8 Å². The van der Waals surface area contributed by atoms with Crippen LogP contribution in [0.1, 0.15) is 5.56 Å². The summed E-state index contributed by atoms with van der Waals surface area (Å²) in [6.45, 7) is -0.416. The van der Waals surface area contributed by atoms with Crippen LogP contribution in [0.2, 0.25) is 0 Å². The van der Waals surface area contributed by atoms with E-state index in [4.69, 9.17) is 5.11 Å². The zero-order chi connectivity index (χ0) is 12.0. The minimum Gasteiger partial charge on any atom is -0.392 e. The molecule has 6 heteroatoms. The number of hydrogen-bond donors (Lipinski definition) is 2. The highest BCUT2D eigenvalue weighted by Crippen LogP contribution is 2.18. The van der Waals surface area contributed by atoms with Gasteiger partial charge in [-0.25, -0.2) is 8.91 Å². The predicted octanol–water partition coefficient (Wildman–Crippen LogP) is 0.807. The first-order chi connectivity index (χ1) is 8.22. The predicted molar refractivity (Wildman–Crippen MR) is 59.2 cm³/mol. The van der Waals surface area contributed by atoms with Crippen molar-refractivity contribution < 1.29 is 9.50 Å². The number of hydrogen-bond acceptors (Lipinski definition) is 3. The number of nitrogens with one attached hydrogen (secondary N) is 1. The molecule has 3 rings (SSSR count). The number of aromatic nitrogens is 3. The van der Waals surface area contributed by atoms with E-state index in [1.807, 2.05) is 0 Å². The van der Waals surface area contributed by atoms with Gasteiger partial charge >= 0.3 is 0 Å². The van der Waals surface area contributed by atoms with E-state index < -0.39 is 18.0 Å². The minimum atomic E-state index is -0.625. The topological polar surface area (TPSA) is 70.4 Å². The number of aliphatic hydroxyl groups is 1. The molecular weight excluding hydrogens is 225 g/mol. The number of H-pyrrole nitrogens is 1. The van der Waals surface area contributed by atoms with E-state index >= 15 is 0 Å². The van der Waals surface area contributed by atoms with Crippen LogP contribution in [0.15, 0.2) is 29.2 Å². The molecule has 0 radical (unpaired) electrons. The normalized spacial score (nSPS) is 11.4. The van der Waals surface area contributed by atoms with Crippen molar-refractivity contribution in [3.8, 4) is 0 Å². The van der Waals surface area contributed by atoms with Crippen LogP contribution in [-0.2, 0) is 6.61 Å². The second kappa shape index (κ2) is 3.39. The number of aromatic amines is 1. The highest BCUT2D eigenvalue weighted by Gasteiger charge is 2.11. The van der Waals surface area contributed by atoms with Crippen LogP contribution in [-0.4, -0.2) is 19.7 Å². The number of halogens is 1. The Morgan fingerprint density at radius 1 is 1.35 bits per heavy atom. The van der Waals surface area contributed by atoms with Crippen molar-refractivity contribution in [1.29, 1.82) is 0 Å². The molecule has 5 nitrogen and oxygen atoms in total. The standard InChI is InChI=1S/C11H8FN3O2/c12-9-6(5-16)1-2-7-10(9)14-11(17)8-3-4-13-15(7)8/h1-4,16H,5H2,(H,14,17). The first kappa shape index (κ1) is 9.98. The summed E-state index contributed by atoms with van der Waals surface area (Å²) in [6, 6.07) is 4.63. The molecule has 0 atom stereocenters. The van der Waals surface area contributed by atoms with Crippen molar-refractivity contribution in [1.82, 2.24) is 14.6 Å². The zero-order valence-electron chi connectivity index (χ0n) is 8.64. The zero-order valence-corrected chi connectivity index (χ0v) is 8.64. The molecule has 0 bridgehead atoms. The SMILES string of the molecule is O=c1[nH]c2c(F)c(CO)ccc2n2nccc12. The summed E-state index contributed by atoms with van der Waals surface area (Å²) in [5.41, 5.74) is 0.592. The van der Waals surface area contributed by atoms with Crippen LogP contribution in [0.25, 0.3) is 16.6 Å². The number of aliphatic hydroxyl groups excluding tert-OH is 1. The van der Waals surface area contributed by atoms with E-state index in [2.05, 4.69) is 10.1 Å². The molecule has 3 aromatic rings. The molecule has 0 amide bonds. The van der Waals surface area contributed by atoms with E-state index in [0.29, 0.717) is 11.0 Å². The Hall–Kier alpha value is -2.21. The summed E-state index contributed by atoms with van der Waals surface area (Å²) in [5.74, 6) is -0.625. The van der Waals surface area contributed by atoms with Gasteiger partial charge in [-0.3, -0.25) is 4.79 Å². The van der Waals surface area contributed by atoms with Gasteiger partial charge in [0.1, 0.15) is 11.0 Å². The first-order valence-corrected chi connectivity index (χ1v) is 5.00. The lowest BCUT2D eigenvalue weighted by Gasteiger charge is -2.05. The van der Waals surface area contributed by atoms with Crippen molar-refractivity contribution in [2.45, 2.75) is 6.61 Å². The molecule has 2 N–H and O–H groups in total. The maximum Gasteiger partial charge on any atom is 0.274 e. The van der Waals surface area contributed by atoms with Gasteiger partial charge in [0.2, 0.25) is 0 Å². The molecule has 0 aliphatic heterocycles. The van der Waals surface area contributed by atoms with E-state index in [-0.39, 0.29) is 11.1 Å². The van der Waals surface area contributed by atoms with Crippen LogP contribution in [0.4, 0.5) is 4.39 Å². The van der Waals surface area contributed by atoms with Crippen LogP contribution in [0, 0.1) is 5.82 Å². The Morgan fingerprint density at radius 3 is 2.94 bits per heavy atom. The quantitative estimate of drug-likeness (QED) is 0.653. The molecule has 0 saturated carbocycles. The molecule has 2 aromatic heterocycles. The third-order valence-electron chi connectivity index (χ3n) is 2.71. The summed E-state index contributed by atoms with van der Waals surface area (Å²) in [5, 5.41) is 12.9. The minimum absolute atomic E-state index is 0.0535. The number of rotatable bonds is 1. The average Bonchev–Trinajstić information content (AvgIpc) is 2.81. The highest BCUT2D eigenvalue weighted by molar-refractivity contribution is 5.78. The molecule has 0 aliphatic carbocycles. The lowest BCUT2D eigenvalue weighted by atomic mass is 10.2. The third-order valence-corrected chi connectivity index (χ3v) is 2.71. The van der Waals surface area contributed by atoms with Gasteiger partial charge < -0.3 is 10.1 Å². The van der Waals surface area contributed by atoms with Crippen molar-refractivity contribution in [2.24, 2.45) is 0 Å². The maximum atomic E-state index is 13.9. The van der Waals surface area contributed by atoms with Gasteiger partial charge in [-0.15, -0.1) is 0 Å². The molecule has 0 aliphatic rings. The van der Waals surface area contributed by atoms with Gasteiger partial charge in [-0.05, 0) is 12.1 Å². The maximum absolute atomic E-state index is 13.9. The highest BCUT2D eigenvalue weighted by atomic mass is 19.1. The van der Waals surface area contributed by atoms with Gasteiger partial charge in [-0.2, -0.15) is 5.10 Å². The summed E-state index contributed by atoms with van der Waals surface area (Å²) in [7, 11) is 0. The van der Waals surface area contributed by atoms with Crippen LogP contribution in [0.5, 0.6) is 0 Å². The number of nitrogens with zero attached hydrogens (tertiary/aromatic N) is 2. The average molecular weight is 233 g/mol. The molecule has 0 spiro atoms. The first-order valence-electron chi connectivity index (χ1n) is 5.00. The van der Waals surface area contributed by atoms with Gasteiger partial charge in [0, 0.05) is 5.56 Å². The molecule has 0 fully saturated rings. The lowest BCUT2D eigenvalue weighted by Crippen LogP contribution is -2.12. The van der Waals surface area contributed by atoms with E-state index in [9.17, 15) is 9.18 Å². The van der Waals surface area contributed by atoms with Crippen molar-refractivity contribution >= 4 is 16.6 Å². The van der Waals surface area contributed by atoms with Gasteiger partial charge in [0.15, 0.2) is 5.82 Å². The van der Waals surface area contributed by atoms with Crippen LogP contribution < -0.4 is 5.56 Å². The Bertz CT molecular complexity index is 775. The molecule has 0 saturated heterocycles. The van der Waals surface area contributed by atoms with Crippen molar-refractivity contribution in [3.05, 3.63) is 46.1 Å². The summed E-state index contributed by atoms with van der Waals surface area (Å²) in [6.07, 6.45) is 1.47. The van der Waals surface area contributed by atoms with Gasteiger partial charge in [-0.1, -0.05) is 6.07 Å². The van der Waals surface area contributed by atoms with Crippen LogP contribution >= 0.6 is 0 Å². The summed E-state index contributed by atoms with van der Waals surface area (Å²) in [4.78, 5) is 14.1. The fraction of sp³-hybridized carbons (Fsp3) is 0.0909. The molecule has 0 unspecified atom stereocenters. The summed E-state index contributed by atoms with van der Waals surface area (Å²) < 4.78 is 15.3. The van der Waals surface area contributed by atoms with Crippen LogP contribution in [0.3, 0.4) is 0 Å². The van der Waals surface area contributed by atoms with E-state index in [1.54, 1.807) is 12.1 Å². The fourth-order valence-corrected chi connectivity index (χ4v) is 1.87.